The second-order valence-corrected chi connectivity index (χ2v) is 7.59. The summed E-state index contributed by atoms with van der Waals surface area (Å²) in [5, 5.41) is 0.421. The van der Waals surface area contributed by atoms with Gasteiger partial charge in [0.1, 0.15) is 0 Å². The highest BCUT2D eigenvalue weighted by Crippen LogP contribution is 2.47. The summed E-state index contributed by atoms with van der Waals surface area (Å²) < 4.78 is 5.23. The second kappa shape index (κ2) is 7.58. The molecule has 5 nitrogen and oxygen atoms in total. The van der Waals surface area contributed by atoms with Crippen LogP contribution >= 0.6 is 23.4 Å². The summed E-state index contributed by atoms with van der Waals surface area (Å²) in [7, 11) is 0. The summed E-state index contributed by atoms with van der Waals surface area (Å²) in [6, 6.07) is 19.7. The monoisotopic (exact) mass is 410 g/mol. The van der Waals surface area contributed by atoms with E-state index in [-0.39, 0.29) is 17.2 Å². The van der Waals surface area contributed by atoms with E-state index in [0.717, 1.165) is 21.2 Å². The molecule has 2 N–H and O–H groups in total. The molecule has 1 aliphatic heterocycles. The standard InChI is InChI=1S/C21H15ClN2O3S/c22-13-9-10-14(15(23)11-13)21(26)27-12-20(25)24-16-5-1-3-7-18(16)28-19-8-4-2-6-17(19)24/h1-11H,12,23H2. The third-order valence-electron chi connectivity index (χ3n) is 4.24. The van der Waals surface area contributed by atoms with Crippen LogP contribution in [0.25, 0.3) is 0 Å². The van der Waals surface area contributed by atoms with E-state index in [1.807, 2.05) is 48.5 Å². The van der Waals surface area contributed by atoms with Gasteiger partial charge in [0.15, 0.2) is 6.61 Å². The van der Waals surface area contributed by atoms with Gasteiger partial charge < -0.3 is 10.5 Å². The number of rotatable bonds is 3. The molecule has 0 fully saturated rings. The van der Waals surface area contributed by atoms with Crippen molar-refractivity contribution in [1.29, 1.82) is 0 Å². The fraction of sp³-hybridized carbons (Fsp3) is 0.0476. The Labute approximate surface area is 171 Å². The Morgan fingerprint density at radius 3 is 2.18 bits per heavy atom. The van der Waals surface area contributed by atoms with Gasteiger partial charge in [-0.25, -0.2) is 4.79 Å². The minimum Gasteiger partial charge on any atom is -0.452 e. The minimum atomic E-state index is -0.671. The van der Waals surface area contributed by atoms with Crippen LogP contribution in [0.3, 0.4) is 0 Å². The van der Waals surface area contributed by atoms with Crippen LogP contribution in [-0.4, -0.2) is 18.5 Å². The molecular formula is C21H15ClN2O3S. The van der Waals surface area contributed by atoms with Crippen molar-refractivity contribution in [2.75, 3.05) is 17.2 Å². The molecule has 1 amide bonds. The number of esters is 1. The van der Waals surface area contributed by atoms with Gasteiger partial charge in [0, 0.05) is 20.5 Å². The molecule has 0 aromatic heterocycles. The van der Waals surface area contributed by atoms with Gasteiger partial charge in [-0.3, -0.25) is 9.69 Å². The smallest absolute Gasteiger partial charge is 0.340 e. The van der Waals surface area contributed by atoms with Crippen molar-refractivity contribution in [2.45, 2.75) is 9.79 Å². The van der Waals surface area contributed by atoms with E-state index in [1.54, 1.807) is 22.7 Å². The summed E-state index contributed by atoms with van der Waals surface area (Å²) in [4.78, 5) is 28.8. The molecule has 0 radical (unpaired) electrons. The summed E-state index contributed by atoms with van der Waals surface area (Å²) in [6.07, 6.45) is 0. The topological polar surface area (TPSA) is 72.6 Å². The summed E-state index contributed by atoms with van der Waals surface area (Å²) in [6.45, 7) is -0.408. The van der Waals surface area contributed by atoms with E-state index in [0.29, 0.717) is 5.02 Å². The van der Waals surface area contributed by atoms with Crippen molar-refractivity contribution >= 4 is 52.3 Å². The number of anilines is 3. The largest absolute Gasteiger partial charge is 0.452 e. The fourth-order valence-electron chi connectivity index (χ4n) is 2.96. The van der Waals surface area contributed by atoms with Gasteiger partial charge in [0.2, 0.25) is 0 Å². The number of hydrogen-bond acceptors (Lipinski definition) is 5. The molecule has 7 heteroatoms. The minimum absolute atomic E-state index is 0.173. The molecule has 28 heavy (non-hydrogen) atoms. The maximum absolute atomic E-state index is 13.0. The van der Waals surface area contributed by atoms with Gasteiger partial charge in [-0.2, -0.15) is 0 Å². The molecule has 4 rings (SSSR count). The molecule has 0 saturated carbocycles. The molecule has 1 aliphatic rings. The molecule has 0 atom stereocenters. The van der Waals surface area contributed by atoms with Crippen molar-refractivity contribution in [3.63, 3.8) is 0 Å². The molecular weight excluding hydrogens is 396 g/mol. The van der Waals surface area contributed by atoms with Gasteiger partial charge in [-0.1, -0.05) is 47.6 Å². The number of carbonyl (C=O) groups excluding carboxylic acids is 2. The molecule has 0 bridgehead atoms. The van der Waals surface area contributed by atoms with Crippen LogP contribution < -0.4 is 10.6 Å². The van der Waals surface area contributed by atoms with Gasteiger partial charge >= 0.3 is 5.97 Å². The van der Waals surface area contributed by atoms with Crippen molar-refractivity contribution in [2.24, 2.45) is 0 Å². The molecule has 3 aromatic carbocycles. The zero-order valence-electron chi connectivity index (χ0n) is 14.6. The second-order valence-electron chi connectivity index (χ2n) is 6.07. The first kappa shape index (κ1) is 18.4. The highest BCUT2D eigenvalue weighted by Gasteiger charge is 2.28. The number of nitrogens with two attached hydrogens (primary N) is 1. The van der Waals surface area contributed by atoms with Crippen molar-refractivity contribution in [3.8, 4) is 0 Å². The predicted molar refractivity (Wildman–Crippen MR) is 110 cm³/mol. The lowest BCUT2D eigenvalue weighted by atomic mass is 10.2. The summed E-state index contributed by atoms with van der Waals surface area (Å²) in [5.74, 6) is -1.02. The summed E-state index contributed by atoms with van der Waals surface area (Å²) in [5.41, 5.74) is 7.72. The SMILES string of the molecule is Nc1cc(Cl)ccc1C(=O)OCC(=O)N1c2ccccc2Sc2ccccc21. The molecule has 0 spiro atoms. The maximum Gasteiger partial charge on any atom is 0.340 e. The number of hydrogen-bond donors (Lipinski definition) is 1. The van der Waals surface area contributed by atoms with Gasteiger partial charge in [0.05, 0.1) is 16.9 Å². The predicted octanol–water partition coefficient (Wildman–Crippen LogP) is 4.91. The third kappa shape index (κ3) is 3.44. The zero-order chi connectivity index (χ0) is 19.7. The van der Waals surface area contributed by atoms with E-state index in [4.69, 9.17) is 22.1 Å². The molecule has 3 aromatic rings. The number of para-hydroxylation sites is 2. The lowest BCUT2D eigenvalue weighted by Crippen LogP contribution is -2.32. The highest BCUT2D eigenvalue weighted by atomic mass is 35.5. The Morgan fingerprint density at radius 2 is 1.57 bits per heavy atom. The van der Waals surface area contributed by atoms with E-state index in [2.05, 4.69) is 0 Å². The molecule has 0 saturated heterocycles. The normalized spacial score (nSPS) is 12.1. The van der Waals surface area contributed by atoms with Gasteiger partial charge in [-0.15, -0.1) is 0 Å². The first-order valence-electron chi connectivity index (χ1n) is 8.45. The van der Waals surface area contributed by atoms with E-state index >= 15 is 0 Å². The van der Waals surface area contributed by atoms with Crippen molar-refractivity contribution < 1.29 is 14.3 Å². The average Bonchev–Trinajstić information content (AvgIpc) is 2.70. The maximum atomic E-state index is 13.0. The van der Waals surface area contributed by atoms with Crippen LogP contribution in [0, 0.1) is 0 Å². The lowest BCUT2D eigenvalue weighted by molar-refractivity contribution is -0.121. The number of benzene rings is 3. The lowest BCUT2D eigenvalue weighted by Gasteiger charge is -2.30. The zero-order valence-corrected chi connectivity index (χ0v) is 16.2. The van der Waals surface area contributed by atoms with Gasteiger partial charge in [-0.05, 0) is 42.5 Å². The van der Waals surface area contributed by atoms with E-state index < -0.39 is 12.6 Å². The first-order chi connectivity index (χ1) is 13.5. The van der Waals surface area contributed by atoms with Crippen molar-refractivity contribution in [1.82, 2.24) is 0 Å². The number of halogens is 1. The molecule has 1 heterocycles. The third-order valence-corrected chi connectivity index (χ3v) is 5.61. The Bertz CT molecular complexity index is 1040. The number of fused-ring (bicyclic) bond motifs is 2. The Hall–Kier alpha value is -2.96. The number of amides is 1. The Kier molecular flexibility index (Phi) is 4.98. The fourth-order valence-corrected chi connectivity index (χ4v) is 4.20. The molecule has 140 valence electrons. The van der Waals surface area contributed by atoms with Crippen LogP contribution in [0.4, 0.5) is 17.1 Å². The summed E-state index contributed by atoms with van der Waals surface area (Å²) >= 11 is 7.45. The molecule has 0 unspecified atom stereocenters. The first-order valence-corrected chi connectivity index (χ1v) is 9.65. The van der Waals surface area contributed by atoms with Crippen LogP contribution in [0.2, 0.25) is 5.02 Å². The van der Waals surface area contributed by atoms with Gasteiger partial charge in [0.25, 0.3) is 5.91 Å². The van der Waals surface area contributed by atoms with Crippen LogP contribution in [-0.2, 0) is 9.53 Å². The van der Waals surface area contributed by atoms with E-state index in [1.165, 1.54) is 12.1 Å². The number of carbonyl (C=O) groups is 2. The number of nitrogens with zero attached hydrogens (tertiary/aromatic N) is 1. The Balaban J connectivity index is 1.58. The van der Waals surface area contributed by atoms with Crippen LogP contribution in [0.1, 0.15) is 10.4 Å². The number of nitrogen functional groups attached to an aromatic ring is 1. The number of ether oxygens (including phenoxy) is 1. The Morgan fingerprint density at radius 1 is 0.964 bits per heavy atom. The van der Waals surface area contributed by atoms with E-state index in [9.17, 15) is 9.59 Å². The van der Waals surface area contributed by atoms with Crippen LogP contribution in [0.5, 0.6) is 0 Å². The molecule has 0 aliphatic carbocycles. The quantitative estimate of drug-likeness (QED) is 0.490. The van der Waals surface area contributed by atoms with Crippen LogP contribution in [0.15, 0.2) is 76.5 Å². The average molecular weight is 411 g/mol. The highest BCUT2D eigenvalue weighted by molar-refractivity contribution is 7.99. The van der Waals surface area contributed by atoms with Crippen molar-refractivity contribution in [3.05, 3.63) is 77.3 Å².